The highest BCUT2D eigenvalue weighted by atomic mass is 35.5. The summed E-state index contributed by atoms with van der Waals surface area (Å²) in [4.78, 5) is 14.1. The van der Waals surface area contributed by atoms with Gasteiger partial charge in [-0.05, 0) is 16.7 Å². The molecule has 0 bridgehead atoms. The number of likely N-dealkylation sites (N-methyl/N-ethyl adjacent to an activating group) is 1. The molecule has 116 valence electrons. The lowest BCUT2D eigenvalue weighted by Crippen LogP contribution is -2.50. The fourth-order valence-corrected chi connectivity index (χ4v) is 3.35. The summed E-state index contributed by atoms with van der Waals surface area (Å²) in [7, 11) is 1.87. The molecular formula is C18H21ClN2O. The van der Waals surface area contributed by atoms with Crippen LogP contribution in [0.4, 0.5) is 0 Å². The summed E-state index contributed by atoms with van der Waals surface area (Å²) >= 11 is 0. The Kier molecular flexibility index (Phi) is 4.89. The van der Waals surface area contributed by atoms with Gasteiger partial charge in [0.25, 0.3) is 0 Å². The van der Waals surface area contributed by atoms with E-state index in [-0.39, 0.29) is 30.4 Å². The minimum Gasteiger partial charge on any atom is -0.334 e. The summed E-state index contributed by atoms with van der Waals surface area (Å²) in [6.45, 7) is 0.0431. The summed E-state index contributed by atoms with van der Waals surface area (Å²) < 4.78 is 0. The van der Waals surface area contributed by atoms with Crippen molar-refractivity contribution in [2.24, 2.45) is 5.73 Å². The van der Waals surface area contributed by atoms with Crippen LogP contribution in [0.2, 0.25) is 0 Å². The maximum Gasteiger partial charge on any atom is 0.236 e. The van der Waals surface area contributed by atoms with Gasteiger partial charge in [-0.3, -0.25) is 4.79 Å². The number of rotatable bonds is 3. The molecule has 0 aromatic heterocycles. The zero-order valence-electron chi connectivity index (χ0n) is 12.7. The lowest BCUT2D eigenvalue weighted by Gasteiger charge is -2.39. The fraction of sp³-hybridized carbons (Fsp3) is 0.278. The van der Waals surface area contributed by atoms with Gasteiger partial charge in [0.2, 0.25) is 5.91 Å². The lowest BCUT2D eigenvalue weighted by molar-refractivity contribution is -0.134. The zero-order valence-corrected chi connectivity index (χ0v) is 13.5. The summed E-state index contributed by atoms with van der Waals surface area (Å²) in [5.74, 6) is -0.0216. The molecule has 0 spiro atoms. The molecule has 2 aromatic carbocycles. The zero-order chi connectivity index (χ0) is 14.9. The largest absolute Gasteiger partial charge is 0.334 e. The van der Waals surface area contributed by atoms with E-state index in [2.05, 4.69) is 36.4 Å². The van der Waals surface area contributed by atoms with E-state index in [9.17, 15) is 4.79 Å². The first kappa shape index (κ1) is 16.5. The van der Waals surface area contributed by atoms with E-state index in [0.717, 1.165) is 12.8 Å². The molecule has 1 aliphatic rings. The molecule has 2 N–H and O–H groups in total. The molecule has 22 heavy (non-hydrogen) atoms. The van der Waals surface area contributed by atoms with Crippen molar-refractivity contribution in [2.45, 2.75) is 18.4 Å². The number of benzene rings is 2. The van der Waals surface area contributed by atoms with Crippen LogP contribution >= 0.6 is 12.4 Å². The Labute approximate surface area is 137 Å². The number of carbonyl (C=O) groups is 1. The van der Waals surface area contributed by atoms with Gasteiger partial charge in [-0.2, -0.15) is 0 Å². The van der Waals surface area contributed by atoms with Gasteiger partial charge in [-0.15, -0.1) is 12.4 Å². The van der Waals surface area contributed by atoms with Crippen LogP contribution in [0.5, 0.6) is 0 Å². The van der Waals surface area contributed by atoms with Crippen LogP contribution in [-0.2, 0) is 23.2 Å². The Hall–Kier alpha value is -1.84. The monoisotopic (exact) mass is 316 g/mol. The average molecular weight is 317 g/mol. The Morgan fingerprint density at radius 3 is 2.05 bits per heavy atom. The highest BCUT2D eigenvalue weighted by molar-refractivity contribution is 5.85. The van der Waals surface area contributed by atoms with Crippen LogP contribution in [0.1, 0.15) is 16.7 Å². The second kappa shape index (κ2) is 6.51. The third-order valence-corrected chi connectivity index (χ3v) is 4.59. The van der Waals surface area contributed by atoms with Crippen LogP contribution in [0.25, 0.3) is 0 Å². The maximum atomic E-state index is 12.2. The van der Waals surface area contributed by atoms with Gasteiger partial charge in [-0.1, -0.05) is 54.6 Å². The van der Waals surface area contributed by atoms with Crippen molar-refractivity contribution < 1.29 is 4.79 Å². The molecule has 0 atom stereocenters. The van der Waals surface area contributed by atoms with E-state index in [1.807, 2.05) is 30.1 Å². The van der Waals surface area contributed by atoms with Gasteiger partial charge >= 0.3 is 0 Å². The van der Waals surface area contributed by atoms with Gasteiger partial charge in [0, 0.05) is 19.9 Å². The third kappa shape index (κ3) is 2.62. The lowest BCUT2D eigenvalue weighted by atomic mass is 9.85. The number of nitrogens with zero attached hydrogens (tertiary/aromatic N) is 1. The number of carbonyl (C=O) groups excluding carboxylic acids is 1. The molecule has 0 aliphatic heterocycles. The van der Waals surface area contributed by atoms with Gasteiger partial charge in [-0.25, -0.2) is 0 Å². The van der Waals surface area contributed by atoms with Gasteiger partial charge in [0.05, 0.1) is 12.1 Å². The van der Waals surface area contributed by atoms with Crippen molar-refractivity contribution in [3.63, 3.8) is 0 Å². The molecule has 2 aromatic rings. The van der Waals surface area contributed by atoms with Crippen molar-refractivity contribution in [2.75, 3.05) is 13.6 Å². The molecule has 1 amide bonds. The van der Waals surface area contributed by atoms with Crippen LogP contribution in [0.15, 0.2) is 54.6 Å². The summed E-state index contributed by atoms with van der Waals surface area (Å²) in [6.07, 6.45) is 1.69. The molecule has 3 nitrogen and oxygen atoms in total. The van der Waals surface area contributed by atoms with Crippen molar-refractivity contribution in [1.29, 1.82) is 0 Å². The van der Waals surface area contributed by atoms with Crippen molar-refractivity contribution in [3.05, 3.63) is 71.3 Å². The molecule has 0 saturated carbocycles. The van der Waals surface area contributed by atoms with Gasteiger partial charge in [0.15, 0.2) is 0 Å². The first-order valence-corrected chi connectivity index (χ1v) is 7.26. The quantitative estimate of drug-likeness (QED) is 0.946. The van der Waals surface area contributed by atoms with Crippen molar-refractivity contribution in [3.8, 4) is 0 Å². The highest BCUT2D eigenvalue weighted by Gasteiger charge is 2.43. The number of amides is 1. The molecule has 1 aliphatic carbocycles. The van der Waals surface area contributed by atoms with Crippen molar-refractivity contribution in [1.82, 2.24) is 4.90 Å². The summed E-state index contributed by atoms with van der Waals surface area (Å²) in [5.41, 5.74) is 9.08. The minimum atomic E-state index is -0.318. The maximum absolute atomic E-state index is 12.2. The van der Waals surface area contributed by atoms with Crippen molar-refractivity contribution >= 4 is 18.3 Å². The van der Waals surface area contributed by atoms with Gasteiger partial charge in [0.1, 0.15) is 0 Å². The second-order valence-corrected chi connectivity index (χ2v) is 5.68. The predicted molar refractivity (Wildman–Crippen MR) is 91.0 cm³/mol. The fourth-order valence-electron chi connectivity index (χ4n) is 3.35. The standard InChI is InChI=1S/C18H20N2O.ClH/c1-20(17(21)13-19)18(16-9-3-2-4-10-16)11-14-7-5-6-8-15(14)12-18;/h2-10H,11-13,19H2,1H3;1H. The number of fused-ring (bicyclic) bond motifs is 1. The molecule has 4 heteroatoms. The number of nitrogens with two attached hydrogens (primary N) is 1. The highest BCUT2D eigenvalue weighted by Crippen LogP contribution is 2.41. The Morgan fingerprint density at radius 2 is 1.55 bits per heavy atom. The van der Waals surface area contributed by atoms with E-state index in [1.165, 1.54) is 16.7 Å². The first-order chi connectivity index (χ1) is 10.2. The molecule has 0 fully saturated rings. The van der Waals surface area contributed by atoms with E-state index in [4.69, 9.17) is 5.73 Å². The second-order valence-electron chi connectivity index (χ2n) is 5.68. The minimum absolute atomic E-state index is 0. The summed E-state index contributed by atoms with van der Waals surface area (Å²) in [6, 6.07) is 18.7. The molecule has 0 unspecified atom stereocenters. The molecular weight excluding hydrogens is 296 g/mol. The van der Waals surface area contributed by atoms with Crippen LogP contribution in [0, 0.1) is 0 Å². The Bertz CT molecular complexity index is 632. The van der Waals surface area contributed by atoms with E-state index in [1.54, 1.807) is 0 Å². The Balaban J connectivity index is 0.00000176. The molecule has 0 saturated heterocycles. The topological polar surface area (TPSA) is 46.3 Å². The molecule has 3 rings (SSSR count). The summed E-state index contributed by atoms with van der Waals surface area (Å²) in [5, 5.41) is 0. The molecule has 0 heterocycles. The van der Waals surface area contributed by atoms with E-state index >= 15 is 0 Å². The SMILES string of the molecule is CN(C(=O)CN)C1(c2ccccc2)Cc2ccccc2C1.Cl. The normalized spacial score (nSPS) is 14.8. The molecule has 0 radical (unpaired) electrons. The van der Waals surface area contributed by atoms with Crippen LogP contribution < -0.4 is 5.73 Å². The van der Waals surface area contributed by atoms with Crippen LogP contribution in [-0.4, -0.2) is 24.4 Å². The number of hydrogen-bond donors (Lipinski definition) is 1. The van der Waals surface area contributed by atoms with E-state index in [0.29, 0.717) is 0 Å². The van der Waals surface area contributed by atoms with Crippen LogP contribution in [0.3, 0.4) is 0 Å². The number of hydrogen-bond acceptors (Lipinski definition) is 2. The van der Waals surface area contributed by atoms with Gasteiger partial charge < -0.3 is 10.6 Å². The van der Waals surface area contributed by atoms with E-state index < -0.39 is 0 Å². The smallest absolute Gasteiger partial charge is 0.236 e. The predicted octanol–water partition coefficient (Wildman–Crippen LogP) is 2.52. The third-order valence-electron chi connectivity index (χ3n) is 4.59. The number of halogens is 1. The Morgan fingerprint density at radius 1 is 1.05 bits per heavy atom. The first-order valence-electron chi connectivity index (χ1n) is 7.26. The average Bonchev–Trinajstić information content (AvgIpc) is 2.95.